The van der Waals surface area contributed by atoms with E-state index in [1.807, 2.05) is 0 Å². The molecular weight excluding hydrogens is 212 g/mol. The predicted octanol–water partition coefficient (Wildman–Crippen LogP) is 0.470. The van der Waals surface area contributed by atoms with Crippen molar-refractivity contribution in [3.63, 3.8) is 0 Å². The molecule has 1 rings (SSSR count). The lowest BCUT2D eigenvalue weighted by atomic mass is 10.5. The molecule has 1 heterocycles. The van der Waals surface area contributed by atoms with Crippen molar-refractivity contribution < 1.29 is 16.8 Å². The molecule has 6 heteroatoms. The fourth-order valence-electron chi connectivity index (χ4n) is 1.19. The van der Waals surface area contributed by atoms with Gasteiger partial charge in [-0.15, -0.1) is 0 Å². The Morgan fingerprint density at radius 1 is 1.38 bits per heavy atom. The average molecular weight is 224 g/mol. The first-order valence-corrected chi connectivity index (χ1v) is 7.23. The Labute approximate surface area is 78.5 Å². The van der Waals surface area contributed by atoms with Crippen LogP contribution in [0.4, 0.5) is 0 Å². The fraction of sp³-hybridized carbons (Fsp3) is 0.714. The fourth-order valence-corrected chi connectivity index (χ4v) is 5.51. The van der Waals surface area contributed by atoms with Crippen LogP contribution >= 0.6 is 0 Å². The Kier molecular flexibility index (Phi) is 2.55. The summed E-state index contributed by atoms with van der Waals surface area (Å²) in [7, 11) is -6.65. The maximum Gasteiger partial charge on any atom is 0.176 e. The summed E-state index contributed by atoms with van der Waals surface area (Å²) in [5.41, 5.74) is 0. The summed E-state index contributed by atoms with van der Waals surface area (Å²) < 4.78 is 45.4. The predicted molar refractivity (Wildman–Crippen MR) is 50.5 cm³/mol. The van der Waals surface area contributed by atoms with Crippen molar-refractivity contribution in [1.29, 1.82) is 0 Å². The monoisotopic (exact) mass is 224 g/mol. The Morgan fingerprint density at radius 3 is 2.38 bits per heavy atom. The quantitative estimate of drug-likeness (QED) is 0.649. The number of allylic oxidation sites excluding steroid dienone is 1. The molecule has 0 radical (unpaired) electrons. The molecule has 13 heavy (non-hydrogen) atoms. The highest BCUT2D eigenvalue weighted by Gasteiger charge is 2.33. The van der Waals surface area contributed by atoms with Crippen LogP contribution in [0.3, 0.4) is 0 Å². The molecule has 1 unspecified atom stereocenters. The summed E-state index contributed by atoms with van der Waals surface area (Å²) in [6, 6.07) is 0. The lowest BCUT2D eigenvalue weighted by molar-refractivity contribution is 0.581. The highest BCUT2D eigenvalue weighted by Crippen LogP contribution is 2.24. The summed E-state index contributed by atoms with van der Waals surface area (Å²) >= 11 is 0. The van der Waals surface area contributed by atoms with E-state index in [1.165, 1.54) is 6.92 Å². The summed E-state index contributed by atoms with van der Waals surface area (Å²) in [4.78, 5) is 0.0330. The first kappa shape index (κ1) is 10.7. The zero-order valence-electron chi connectivity index (χ0n) is 7.52. The van der Waals surface area contributed by atoms with E-state index in [9.17, 15) is 16.8 Å². The van der Waals surface area contributed by atoms with Crippen LogP contribution in [0.15, 0.2) is 10.3 Å². The third-order valence-electron chi connectivity index (χ3n) is 2.06. The van der Waals surface area contributed by atoms with Crippen LogP contribution in [0.1, 0.15) is 20.3 Å². The summed E-state index contributed by atoms with van der Waals surface area (Å²) in [6.45, 7) is 3.05. The van der Waals surface area contributed by atoms with Gasteiger partial charge in [0.1, 0.15) is 0 Å². The van der Waals surface area contributed by atoms with Gasteiger partial charge in [0.15, 0.2) is 19.7 Å². The van der Waals surface area contributed by atoms with Crippen molar-refractivity contribution in [3.8, 4) is 0 Å². The second-order valence-corrected chi connectivity index (χ2v) is 7.42. The Balaban J connectivity index is 3.36. The minimum absolute atomic E-state index is 0.0330. The van der Waals surface area contributed by atoms with Crippen LogP contribution < -0.4 is 0 Å². The second-order valence-electron chi connectivity index (χ2n) is 3.12. The summed E-state index contributed by atoms with van der Waals surface area (Å²) in [5, 5.41) is 0.0871. The molecule has 0 saturated heterocycles. The van der Waals surface area contributed by atoms with Crippen LogP contribution in [0.5, 0.6) is 0 Å². The highest BCUT2D eigenvalue weighted by molar-refractivity contribution is 8.02. The molecule has 0 aliphatic carbocycles. The minimum Gasteiger partial charge on any atom is -0.224 e. The van der Waals surface area contributed by atoms with E-state index in [0.29, 0.717) is 0 Å². The van der Waals surface area contributed by atoms with E-state index >= 15 is 0 Å². The van der Waals surface area contributed by atoms with Crippen LogP contribution in [0, 0.1) is 0 Å². The van der Waals surface area contributed by atoms with Crippen LogP contribution in [0.2, 0.25) is 0 Å². The van der Waals surface area contributed by atoms with Gasteiger partial charge in [-0.2, -0.15) is 0 Å². The third kappa shape index (κ3) is 1.94. The zero-order chi connectivity index (χ0) is 10.3. The smallest absolute Gasteiger partial charge is 0.176 e. The van der Waals surface area contributed by atoms with E-state index < -0.39 is 24.9 Å². The topological polar surface area (TPSA) is 68.3 Å². The molecule has 76 valence electrons. The maximum absolute atomic E-state index is 11.4. The molecule has 0 aromatic heterocycles. The van der Waals surface area contributed by atoms with Crippen molar-refractivity contribution in [2.75, 3.05) is 5.75 Å². The Hall–Kier alpha value is -0.360. The van der Waals surface area contributed by atoms with Crippen molar-refractivity contribution in [2.45, 2.75) is 25.5 Å². The summed E-state index contributed by atoms with van der Waals surface area (Å²) in [5.74, 6) is -0.283. The molecule has 1 aliphatic heterocycles. The van der Waals surface area contributed by atoms with E-state index in [2.05, 4.69) is 0 Å². The average Bonchev–Trinajstić information content (AvgIpc) is 1.97. The number of sulfone groups is 2. The molecule has 0 saturated carbocycles. The minimum atomic E-state index is -3.33. The number of hydrogen-bond donors (Lipinski definition) is 0. The van der Waals surface area contributed by atoms with Crippen molar-refractivity contribution in [3.05, 3.63) is 10.3 Å². The largest absolute Gasteiger partial charge is 0.224 e. The molecule has 0 aromatic rings. The van der Waals surface area contributed by atoms with Crippen molar-refractivity contribution >= 4 is 19.7 Å². The van der Waals surface area contributed by atoms with Crippen molar-refractivity contribution in [2.24, 2.45) is 0 Å². The molecule has 0 fully saturated rings. The van der Waals surface area contributed by atoms with Gasteiger partial charge < -0.3 is 0 Å². The molecule has 0 N–H and O–H groups in total. The normalized spacial score (nSPS) is 30.9. The first-order chi connectivity index (χ1) is 5.79. The maximum atomic E-state index is 11.4. The third-order valence-corrected chi connectivity index (χ3v) is 6.46. The standard InChI is InChI=1S/C7H12O4S2/c1-3-7-5-12(8,9)6(2)4-13(7,10)11/h5-6H,3-4H2,1-2H3. The lowest BCUT2D eigenvalue weighted by Crippen LogP contribution is -2.31. The van der Waals surface area contributed by atoms with Crippen LogP contribution in [0.25, 0.3) is 0 Å². The van der Waals surface area contributed by atoms with Crippen LogP contribution in [-0.2, 0) is 19.7 Å². The molecular formula is C7H12O4S2. The van der Waals surface area contributed by atoms with E-state index in [1.54, 1.807) is 6.92 Å². The molecule has 1 atom stereocenters. The Bertz CT molecular complexity index is 427. The number of rotatable bonds is 1. The summed E-state index contributed by atoms with van der Waals surface area (Å²) in [6.07, 6.45) is 0.244. The van der Waals surface area contributed by atoms with Gasteiger partial charge in [0, 0.05) is 5.41 Å². The van der Waals surface area contributed by atoms with E-state index in [0.717, 1.165) is 5.41 Å². The molecule has 0 spiro atoms. The number of hydrogen-bond acceptors (Lipinski definition) is 4. The molecule has 4 nitrogen and oxygen atoms in total. The van der Waals surface area contributed by atoms with Gasteiger partial charge in [-0.25, -0.2) is 16.8 Å². The van der Waals surface area contributed by atoms with Gasteiger partial charge in [0.05, 0.1) is 15.9 Å². The van der Waals surface area contributed by atoms with Gasteiger partial charge in [-0.3, -0.25) is 0 Å². The molecule has 1 aliphatic rings. The van der Waals surface area contributed by atoms with Gasteiger partial charge in [0.2, 0.25) is 0 Å². The first-order valence-electron chi connectivity index (χ1n) is 3.97. The van der Waals surface area contributed by atoms with Gasteiger partial charge in [-0.1, -0.05) is 6.92 Å². The van der Waals surface area contributed by atoms with Crippen LogP contribution in [-0.4, -0.2) is 27.8 Å². The van der Waals surface area contributed by atoms with E-state index in [-0.39, 0.29) is 17.1 Å². The zero-order valence-corrected chi connectivity index (χ0v) is 9.15. The second kappa shape index (κ2) is 3.09. The van der Waals surface area contributed by atoms with Gasteiger partial charge >= 0.3 is 0 Å². The lowest BCUT2D eigenvalue weighted by Gasteiger charge is -2.18. The van der Waals surface area contributed by atoms with Gasteiger partial charge in [-0.05, 0) is 13.3 Å². The SMILES string of the molecule is CCC1=CS(=O)(=O)C(C)CS1(=O)=O. The van der Waals surface area contributed by atoms with Gasteiger partial charge in [0.25, 0.3) is 0 Å². The molecule has 0 amide bonds. The highest BCUT2D eigenvalue weighted by atomic mass is 32.2. The Morgan fingerprint density at radius 2 is 1.92 bits per heavy atom. The molecule has 0 aromatic carbocycles. The molecule has 0 bridgehead atoms. The van der Waals surface area contributed by atoms with Crippen molar-refractivity contribution in [1.82, 2.24) is 0 Å². The van der Waals surface area contributed by atoms with E-state index in [4.69, 9.17) is 0 Å².